The molecule has 0 saturated heterocycles. The third-order valence-electron chi connectivity index (χ3n) is 3.64. The number of amides is 1. The molecule has 0 unspecified atom stereocenters. The van der Waals surface area contributed by atoms with Gasteiger partial charge in [0.15, 0.2) is 0 Å². The second-order valence-corrected chi connectivity index (χ2v) is 5.40. The summed E-state index contributed by atoms with van der Waals surface area (Å²) < 4.78 is 0. The molecule has 5 heteroatoms. The molecular weight excluding hydrogens is 262 g/mol. The Morgan fingerprint density at radius 1 is 1.47 bits per heavy atom. The fourth-order valence-electron chi connectivity index (χ4n) is 2.26. The van der Waals surface area contributed by atoms with Gasteiger partial charge in [-0.15, -0.1) is 0 Å². The zero-order chi connectivity index (χ0) is 13.3. The summed E-state index contributed by atoms with van der Waals surface area (Å²) >= 11 is 6.02. The maximum Gasteiger partial charge on any atom is 0.254 e. The van der Waals surface area contributed by atoms with Gasteiger partial charge in [-0.2, -0.15) is 5.10 Å². The third kappa shape index (κ3) is 2.49. The van der Waals surface area contributed by atoms with E-state index >= 15 is 0 Å². The van der Waals surface area contributed by atoms with E-state index < -0.39 is 0 Å². The Morgan fingerprint density at radius 2 is 2.32 bits per heavy atom. The first-order valence-electron chi connectivity index (χ1n) is 6.23. The van der Waals surface area contributed by atoms with Gasteiger partial charge in [0, 0.05) is 23.2 Å². The molecule has 1 heterocycles. The number of rotatable bonds is 4. The fourth-order valence-corrected chi connectivity index (χ4v) is 2.45. The van der Waals surface area contributed by atoms with Gasteiger partial charge in [-0.3, -0.25) is 9.89 Å². The molecule has 1 saturated carbocycles. The molecule has 19 heavy (non-hydrogen) atoms. The molecule has 0 bridgehead atoms. The summed E-state index contributed by atoms with van der Waals surface area (Å²) in [7, 11) is 0. The van der Waals surface area contributed by atoms with Crippen LogP contribution < -0.4 is 5.32 Å². The maximum absolute atomic E-state index is 11.9. The topological polar surface area (TPSA) is 57.8 Å². The van der Waals surface area contributed by atoms with Gasteiger partial charge >= 0.3 is 0 Å². The number of nitrogens with one attached hydrogen (secondary N) is 2. The van der Waals surface area contributed by atoms with E-state index in [-0.39, 0.29) is 11.3 Å². The molecule has 0 aliphatic heterocycles. The Kier molecular flexibility index (Phi) is 3.03. The largest absolute Gasteiger partial charge is 0.351 e. The van der Waals surface area contributed by atoms with E-state index in [2.05, 4.69) is 21.6 Å². The monoisotopic (exact) mass is 275 g/mol. The number of carbonyl (C=O) groups excluding carboxylic acids is 1. The number of hydrogen-bond acceptors (Lipinski definition) is 2. The van der Waals surface area contributed by atoms with Crippen LogP contribution in [-0.4, -0.2) is 22.6 Å². The summed E-state index contributed by atoms with van der Waals surface area (Å²) in [5, 5.41) is 10.1. The van der Waals surface area contributed by atoms with Crippen molar-refractivity contribution in [2.45, 2.75) is 18.3 Å². The van der Waals surface area contributed by atoms with Crippen LogP contribution in [0.4, 0.5) is 0 Å². The number of hydrogen-bond donors (Lipinski definition) is 2. The smallest absolute Gasteiger partial charge is 0.254 e. The molecule has 1 aromatic heterocycles. The zero-order valence-electron chi connectivity index (χ0n) is 10.3. The average molecular weight is 276 g/mol. The van der Waals surface area contributed by atoms with Crippen LogP contribution in [0.5, 0.6) is 0 Å². The van der Waals surface area contributed by atoms with E-state index in [1.165, 1.54) is 11.8 Å². The first-order valence-corrected chi connectivity index (χ1v) is 6.60. The Balaban J connectivity index is 1.68. The highest BCUT2D eigenvalue weighted by molar-refractivity contribution is 6.30. The van der Waals surface area contributed by atoms with Gasteiger partial charge < -0.3 is 5.32 Å². The average Bonchev–Trinajstić information content (AvgIpc) is 3.00. The lowest BCUT2D eigenvalue weighted by molar-refractivity contribution is 0.0950. The van der Waals surface area contributed by atoms with Crippen molar-refractivity contribution in [1.29, 1.82) is 0 Å². The molecule has 1 amide bonds. The predicted octanol–water partition coefficient (Wildman–Crippen LogP) is 2.52. The molecule has 0 spiro atoms. The number of carbonyl (C=O) groups is 1. The van der Waals surface area contributed by atoms with E-state index in [0.717, 1.165) is 17.9 Å². The number of aromatic nitrogens is 2. The van der Waals surface area contributed by atoms with E-state index in [0.29, 0.717) is 12.1 Å². The first kappa shape index (κ1) is 12.2. The minimum absolute atomic E-state index is 0.0598. The molecule has 1 aliphatic carbocycles. The van der Waals surface area contributed by atoms with Crippen LogP contribution in [0.2, 0.25) is 5.02 Å². The van der Waals surface area contributed by atoms with Crippen LogP contribution in [0, 0.1) is 0 Å². The Hall–Kier alpha value is -1.81. The highest BCUT2D eigenvalue weighted by atomic mass is 35.5. The van der Waals surface area contributed by atoms with E-state index in [4.69, 9.17) is 11.6 Å². The highest BCUT2D eigenvalue weighted by Gasteiger charge is 2.44. The number of H-pyrrole nitrogens is 1. The molecule has 1 fully saturated rings. The second-order valence-electron chi connectivity index (χ2n) is 4.96. The van der Waals surface area contributed by atoms with Gasteiger partial charge in [0.05, 0.1) is 11.8 Å². The van der Waals surface area contributed by atoms with Crippen molar-refractivity contribution in [2.75, 3.05) is 6.54 Å². The molecule has 2 aromatic rings. The Bertz CT molecular complexity index is 590. The quantitative estimate of drug-likeness (QED) is 0.901. The molecule has 1 aliphatic rings. The summed E-state index contributed by atoms with van der Waals surface area (Å²) in [4.78, 5) is 11.9. The normalized spacial score (nSPS) is 16.1. The molecule has 1 aromatic carbocycles. The predicted molar refractivity (Wildman–Crippen MR) is 73.3 cm³/mol. The Morgan fingerprint density at radius 3 is 2.95 bits per heavy atom. The number of aromatic amines is 1. The second kappa shape index (κ2) is 4.70. The first-order chi connectivity index (χ1) is 9.20. The lowest BCUT2D eigenvalue weighted by atomic mass is 9.96. The molecule has 98 valence electrons. The SMILES string of the molecule is O=C(NCC1(c2cccc(Cl)c2)CC1)c1cn[nH]c1. The molecule has 0 radical (unpaired) electrons. The van der Waals surface area contributed by atoms with Crippen molar-refractivity contribution >= 4 is 17.5 Å². The van der Waals surface area contributed by atoms with Crippen molar-refractivity contribution in [3.05, 3.63) is 52.8 Å². The summed E-state index contributed by atoms with van der Waals surface area (Å²) in [5.74, 6) is -0.0953. The van der Waals surface area contributed by atoms with Gasteiger partial charge in [0.2, 0.25) is 0 Å². The van der Waals surface area contributed by atoms with Crippen molar-refractivity contribution in [3.63, 3.8) is 0 Å². The summed E-state index contributed by atoms with van der Waals surface area (Å²) in [6.07, 6.45) is 5.28. The van der Waals surface area contributed by atoms with Gasteiger partial charge in [-0.1, -0.05) is 23.7 Å². The maximum atomic E-state index is 11.9. The lowest BCUT2D eigenvalue weighted by Gasteiger charge is -2.16. The van der Waals surface area contributed by atoms with E-state index in [1.807, 2.05) is 18.2 Å². The van der Waals surface area contributed by atoms with Crippen LogP contribution in [0.1, 0.15) is 28.8 Å². The van der Waals surface area contributed by atoms with Crippen LogP contribution in [0.15, 0.2) is 36.7 Å². The molecule has 0 atom stereocenters. The molecule has 4 nitrogen and oxygen atoms in total. The minimum atomic E-state index is -0.0953. The number of benzene rings is 1. The van der Waals surface area contributed by atoms with Gasteiger partial charge in [0.25, 0.3) is 5.91 Å². The van der Waals surface area contributed by atoms with Crippen molar-refractivity contribution in [2.24, 2.45) is 0 Å². The van der Waals surface area contributed by atoms with Crippen LogP contribution in [-0.2, 0) is 5.41 Å². The summed E-state index contributed by atoms with van der Waals surface area (Å²) in [6.45, 7) is 0.636. The van der Waals surface area contributed by atoms with Crippen molar-refractivity contribution in [1.82, 2.24) is 15.5 Å². The summed E-state index contributed by atoms with van der Waals surface area (Å²) in [5.41, 5.74) is 1.82. The molecule has 3 rings (SSSR count). The van der Waals surface area contributed by atoms with E-state index in [1.54, 1.807) is 6.20 Å². The minimum Gasteiger partial charge on any atom is -0.351 e. The van der Waals surface area contributed by atoms with Crippen LogP contribution >= 0.6 is 11.6 Å². The van der Waals surface area contributed by atoms with Gasteiger partial charge in [0.1, 0.15) is 0 Å². The molecule has 2 N–H and O–H groups in total. The lowest BCUT2D eigenvalue weighted by Crippen LogP contribution is -2.32. The van der Waals surface area contributed by atoms with Gasteiger partial charge in [-0.25, -0.2) is 0 Å². The standard InChI is InChI=1S/C14H14ClN3O/c15-12-3-1-2-11(6-12)14(4-5-14)9-16-13(19)10-7-17-18-8-10/h1-3,6-8H,4-5,9H2,(H,16,19)(H,17,18). The van der Waals surface area contributed by atoms with Crippen molar-refractivity contribution in [3.8, 4) is 0 Å². The van der Waals surface area contributed by atoms with Crippen LogP contribution in [0.3, 0.4) is 0 Å². The highest BCUT2D eigenvalue weighted by Crippen LogP contribution is 2.48. The van der Waals surface area contributed by atoms with Gasteiger partial charge in [-0.05, 0) is 30.5 Å². The van der Waals surface area contributed by atoms with E-state index in [9.17, 15) is 4.79 Å². The zero-order valence-corrected chi connectivity index (χ0v) is 11.1. The number of halogens is 1. The number of nitrogens with zero attached hydrogens (tertiary/aromatic N) is 1. The summed E-state index contributed by atoms with van der Waals surface area (Å²) in [6, 6.07) is 7.88. The molecular formula is C14H14ClN3O. The third-order valence-corrected chi connectivity index (χ3v) is 3.87. The fraction of sp³-hybridized carbons (Fsp3) is 0.286. The van der Waals surface area contributed by atoms with Crippen molar-refractivity contribution < 1.29 is 4.79 Å². The Labute approximate surface area is 116 Å². The van der Waals surface area contributed by atoms with Crippen LogP contribution in [0.25, 0.3) is 0 Å².